The molecule has 0 bridgehead atoms. The Morgan fingerprint density at radius 2 is 2.29 bits per heavy atom. The van der Waals surface area contributed by atoms with E-state index in [0.717, 1.165) is 0 Å². The fourth-order valence-electron chi connectivity index (χ4n) is 0.751. The minimum atomic E-state index is -0.328. The van der Waals surface area contributed by atoms with Gasteiger partial charge < -0.3 is 19.9 Å². The van der Waals surface area contributed by atoms with E-state index in [1.54, 1.807) is 0 Å². The first-order chi connectivity index (χ1) is 6.72. The summed E-state index contributed by atoms with van der Waals surface area (Å²) in [7, 11) is 1.35. The van der Waals surface area contributed by atoms with Gasteiger partial charge in [-0.3, -0.25) is 4.79 Å². The van der Waals surface area contributed by atoms with Gasteiger partial charge in [-0.25, -0.2) is 0 Å². The lowest BCUT2D eigenvalue weighted by Gasteiger charge is -2.08. The number of carbonyl (C=O) groups is 1. The van der Waals surface area contributed by atoms with Crippen LogP contribution in [0.5, 0.6) is 0 Å². The summed E-state index contributed by atoms with van der Waals surface area (Å²) in [5, 5.41) is 11.4. The van der Waals surface area contributed by atoms with E-state index in [0.29, 0.717) is 26.3 Å². The first-order valence-electron chi connectivity index (χ1n) is 4.33. The minimum Gasteiger partial charge on any atom is -0.468 e. The van der Waals surface area contributed by atoms with Gasteiger partial charge in [-0.05, 0) is 0 Å². The molecular formula is C8H16BrNO4. The van der Waals surface area contributed by atoms with Gasteiger partial charge in [0.15, 0.2) is 0 Å². The number of aliphatic hydroxyl groups is 1. The van der Waals surface area contributed by atoms with Gasteiger partial charge in [-0.2, -0.15) is 0 Å². The second-order valence-electron chi connectivity index (χ2n) is 2.53. The van der Waals surface area contributed by atoms with Crippen LogP contribution in [0, 0.1) is 0 Å². The van der Waals surface area contributed by atoms with E-state index in [1.165, 1.54) is 7.11 Å². The lowest BCUT2D eigenvalue weighted by molar-refractivity contribution is -0.139. The second kappa shape index (κ2) is 9.39. The molecule has 5 nitrogen and oxygen atoms in total. The van der Waals surface area contributed by atoms with Gasteiger partial charge in [-0.15, -0.1) is 0 Å². The number of hydrogen-bond donors (Lipinski definition) is 2. The summed E-state index contributed by atoms with van der Waals surface area (Å²) in [5.41, 5.74) is 0. The molecule has 1 unspecified atom stereocenters. The van der Waals surface area contributed by atoms with E-state index in [-0.39, 0.29) is 17.4 Å². The summed E-state index contributed by atoms with van der Waals surface area (Å²) in [4.78, 5) is 10.6. The SMILES string of the molecule is COC(=O)C(Br)CNCCOCCO. The first-order valence-corrected chi connectivity index (χ1v) is 5.25. The zero-order chi connectivity index (χ0) is 10.8. The summed E-state index contributed by atoms with van der Waals surface area (Å²) in [5.74, 6) is -0.297. The van der Waals surface area contributed by atoms with Crippen LogP contribution in [0.3, 0.4) is 0 Å². The largest absolute Gasteiger partial charge is 0.468 e. The van der Waals surface area contributed by atoms with E-state index >= 15 is 0 Å². The Kier molecular flexibility index (Phi) is 9.27. The van der Waals surface area contributed by atoms with Crippen molar-refractivity contribution in [1.82, 2.24) is 5.32 Å². The molecule has 0 saturated carbocycles. The maximum atomic E-state index is 10.9. The van der Waals surface area contributed by atoms with Crippen LogP contribution < -0.4 is 5.32 Å². The fraction of sp³-hybridized carbons (Fsp3) is 0.875. The molecule has 0 aliphatic rings. The van der Waals surface area contributed by atoms with Crippen molar-refractivity contribution < 1.29 is 19.4 Å². The molecule has 0 heterocycles. The Balaban J connectivity index is 3.23. The van der Waals surface area contributed by atoms with Crippen molar-refractivity contribution in [3.05, 3.63) is 0 Å². The van der Waals surface area contributed by atoms with Crippen molar-refractivity contribution in [2.75, 3.05) is 40.0 Å². The normalized spacial score (nSPS) is 12.5. The van der Waals surface area contributed by atoms with Crippen molar-refractivity contribution in [3.8, 4) is 0 Å². The number of carbonyl (C=O) groups excluding carboxylic acids is 1. The lowest BCUT2D eigenvalue weighted by Crippen LogP contribution is -2.31. The summed E-state index contributed by atoms with van der Waals surface area (Å²) in [6.45, 7) is 2.02. The van der Waals surface area contributed by atoms with Crippen LogP contribution in [-0.4, -0.2) is 55.9 Å². The molecule has 0 fully saturated rings. The molecule has 14 heavy (non-hydrogen) atoms. The van der Waals surface area contributed by atoms with Crippen molar-refractivity contribution in [1.29, 1.82) is 0 Å². The minimum absolute atomic E-state index is 0.0310. The van der Waals surface area contributed by atoms with Gasteiger partial charge in [0.25, 0.3) is 0 Å². The van der Waals surface area contributed by atoms with Crippen LogP contribution in [0.4, 0.5) is 0 Å². The number of halogens is 1. The quantitative estimate of drug-likeness (QED) is 0.354. The summed E-state index contributed by atoms with van der Waals surface area (Å²) < 4.78 is 9.52. The molecule has 0 aliphatic carbocycles. The van der Waals surface area contributed by atoms with Crippen molar-refractivity contribution in [3.63, 3.8) is 0 Å². The van der Waals surface area contributed by atoms with Crippen molar-refractivity contribution in [2.24, 2.45) is 0 Å². The number of aliphatic hydroxyl groups excluding tert-OH is 1. The molecule has 0 aromatic heterocycles. The van der Waals surface area contributed by atoms with Gasteiger partial charge in [0.2, 0.25) is 0 Å². The average Bonchev–Trinajstić information content (AvgIpc) is 2.21. The van der Waals surface area contributed by atoms with Gasteiger partial charge in [-0.1, -0.05) is 15.9 Å². The molecule has 0 aromatic carbocycles. The highest BCUT2D eigenvalue weighted by Gasteiger charge is 2.13. The van der Waals surface area contributed by atoms with Gasteiger partial charge in [0, 0.05) is 13.1 Å². The van der Waals surface area contributed by atoms with Crippen LogP contribution in [0.15, 0.2) is 0 Å². The van der Waals surface area contributed by atoms with E-state index < -0.39 is 0 Å². The van der Waals surface area contributed by atoms with E-state index in [4.69, 9.17) is 9.84 Å². The number of rotatable bonds is 8. The molecule has 2 N–H and O–H groups in total. The summed E-state index contributed by atoms with van der Waals surface area (Å²) in [6, 6.07) is 0. The van der Waals surface area contributed by atoms with E-state index in [2.05, 4.69) is 26.0 Å². The topological polar surface area (TPSA) is 67.8 Å². The molecule has 0 saturated heterocycles. The Bertz CT molecular complexity index is 156. The number of methoxy groups -OCH3 is 1. The smallest absolute Gasteiger partial charge is 0.320 e. The maximum absolute atomic E-state index is 10.9. The Morgan fingerprint density at radius 1 is 1.57 bits per heavy atom. The van der Waals surface area contributed by atoms with Gasteiger partial charge >= 0.3 is 5.97 Å². The second-order valence-corrected chi connectivity index (χ2v) is 3.64. The molecule has 84 valence electrons. The van der Waals surface area contributed by atoms with E-state index in [1.807, 2.05) is 0 Å². The molecule has 0 amide bonds. The van der Waals surface area contributed by atoms with Gasteiger partial charge in [0.1, 0.15) is 4.83 Å². The van der Waals surface area contributed by atoms with Crippen LogP contribution in [0.2, 0.25) is 0 Å². The third-order valence-electron chi connectivity index (χ3n) is 1.44. The molecule has 1 atom stereocenters. The number of esters is 1. The van der Waals surface area contributed by atoms with E-state index in [9.17, 15) is 4.79 Å². The number of ether oxygens (including phenoxy) is 2. The number of nitrogens with one attached hydrogen (secondary N) is 1. The average molecular weight is 270 g/mol. The Hall–Kier alpha value is -0.170. The standard InChI is InChI=1S/C8H16BrNO4/c1-13-8(12)7(9)6-10-2-4-14-5-3-11/h7,10-11H,2-6H2,1H3. The molecular weight excluding hydrogens is 254 g/mol. The molecule has 0 aromatic rings. The third-order valence-corrected chi connectivity index (χ3v) is 2.14. The van der Waals surface area contributed by atoms with Crippen LogP contribution >= 0.6 is 15.9 Å². The van der Waals surface area contributed by atoms with Crippen LogP contribution in [0.1, 0.15) is 0 Å². The lowest BCUT2D eigenvalue weighted by atomic mass is 10.4. The number of hydrogen-bond acceptors (Lipinski definition) is 5. The fourth-order valence-corrected chi connectivity index (χ4v) is 1.17. The monoisotopic (exact) mass is 269 g/mol. The summed E-state index contributed by atoms with van der Waals surface area (Å²) in [6.07, 6.45) is 0. The zero-order valence-electron chi connectivity index (χ0n) is 8.16. The molecule has 0 aliphatic heterocycles. The highest BCUT2D eigenvalue weighted by molar-refractivity contribution is 9.10. The van der Waals surface area contributed by atoms with Crippen molar-refractivity contribution in [2.45, 2.75) is 4.83 Å². The Morgan fingerprint density at radius 3 is 2.86 bits per heavy atom. The number of alkyl halides is 1. The molecule has 0 spiro atoms. The predicted octanol–water partition coefficient (Wildman–Crippen LogP) is -0.479. The molecule has 0 rings (SSSR count). The van der Waals surface area contributed by atoms with Crippen LogP contribution in [0.25, 0.3) is 0 Å². The first kappa shape index (κ1) is 13.8. The zero-order valence-corrected chi connectivity index (χ0v) is 9.75. The van der Waals surface area contributed by atoms with Crippen LogP contribution in [-0.2, 0) is 14.3 Å². The maximum Gasteiger partial charge on any atom is 0.320 e. The summed E-state index contributed by atoms with van der Waals surface area (Å²) >= 11 is 3.17. The molecule has 6 heteroatoms. The molecule has 0 radical (unpaired) electrons. The predicted molar refractivity (Wildman–Crippen MR) is 55.5 cm³/mol. The van der Waals surface area contributed by atoms with Gasteiger partial charge in [0.05, 0.1) is 26.9 Å². The third kappa shape index (κ3) is 7.25. The highest BCUT2D eigenvalue weighted by atomic mass is 79.9. The highest BCUT2D eigenvalue weighted by Crippen LogP contribution is 1.99. The Labute approximate surface area is 91.9 Å². The van der Waals surface area contributed by atoms with Crippen molar-refractivity contribution >= 4 is 21.9 Å².